The van der Waals surface area contributed by atoms with Crippen molar-refractivity contribution < 1.29 is 9.50 Å². The van der Waals surface area contributed by atoms with Crippen LogP contribution in [0, 0.1) is 34.9 Å². The highest BCUT2D eigenvalue weighted by Crippen LogP contribution is 2.53. The third kappa shape index (κ3) is 2.70. The third-order valence-electron chi connectivity index (χ3n) is 5.34. The Morgan fingerprint density at radius 1 is 1.24 bits per heavy atom. The van der Waals surface area contributed by atoms with E-state index in [9.17, 15) is 14.8 Å². The first-order valence-corrected chi connectivity index (χ1v) is 7.54. The van der Waals surface area contributed by atoms with Crippen molar-refractivity contribution in [2.45, 2.75) is 59.0 Å². The van der Waals surface area contributed by atoms with Crippen LogP contribution < -0.4 is 0 Å². The number of halogens is 1. The maximum atomic E-state index is 13.8. The molecule has 114 valence electrons. The SMILES string of the molecule is Cc1ccc(C(C)(O)C2(C#N)CCC(C)(C)CC2)cc1F. The molecule has 1 saturated carbocycles. The molecule has 0 bridgehead atoms. The highest BCUT2D eigenvalue weighted by molar-refractivity contribution is 5.32. The highest BCUT2D eigenvalue weighted by atomic mass is 19.1. The summed E-state index contributed by atoms with van der Waals surface area (Å²) >= 11 is 0. The topological polar surface area (TPSA) is 44.0 Å². The monoisotopic (exact) mass is 289 g/mol. The maximum Gasteiger partial charge on any atom is 0.126 e. The number of nitrogens with zero attached hydrogens (tertiary/aromatic N) is 1. The molecule has 0 saturated heterocycles. The Balaban J connectivity index is 2.41. The second-order valence-corrected chi connectivity index (χ2v) is 7.39. The van der Waals surface area contributed by atoms with Crippen molar-refractivity contribution in [2.75, 3.05) is 0 Å². The number of aryl methyl sites for hydroxylation is 1. The van der Waals surface area contributed by atoms with E-state index in [0.717, 1.165) is 12.8 Å². The summed E-state index contributed by atoms with van der Waals surface area (Å²) in [7, 11) is 0. The van der Waals surface area contributed by atoms with E-state index in [1.54, 1.807) is 26.0 Å². The first kappa shape index (κ1) is 16.0. The molecule has 1 aliphatic rings. The summed E-state index contributed by atoms with van der Waals surface area (Å²) in [5, 5.41) is 20.8. The Labute approximate surface area is 126 Å². The van der Waals surface area contributed by atoms with Crippen molar-refractivity contribution >= 4 is 0 Å². The van der Waals surface area contributed by atoms with Crippen LogP contribution in [-0.2, 0) is 5.60 Å². The van der Waals surface area contributed by atoms with Crippen LogP contribution in [0.25, 0.3) is 0 Å². The molecule has 1 aromatic rings. The fourth-order valence-electron chi connectivity index (χ4n) is 3.23. The van der Waals surface area contributed by atoms with E-state index in [-0.39, 0.29) is 11.2 Å². The van der Waals surface area contributed by atoms with Crippen LogP contribution in [0.4, 0.5) is 4.39 Å². The number of benzene rings is 1. The predicted molar refractivity (Wildman–Crippen MR) is 81.0 cm³/mol. The van der Waals surface area contributed by atoms with Gasteiger partial charge in [0.05, 0.1) is 11.5 Å². The van der Waals surface area contributed by atoms with Crippen molar-refractivity contribution in [3.8, 4) is 6.07 Å². The largest absolute Gasteiger partial charge is 0.384 e. The van der Waals surface area contributed by atoms with Gasteiger partial charge in [-0.2, -0.15) is 5.26 Å². The van der Waals surface area contributed by atoms with Crippen LogP contribution in [-0.4, -0.2) is 5.11 Å². The normalized spacial score (nSPS) is 23.1. The molecular formula is C18H24FNO. The average Bonchev–Trinajstić information content (AvgIpc) is 2.42. The molecular weight excluding hydrogens is 265 g/mol. The van der Waals surface area contributed by atoms with Gasteiger partial charge in [-0.3, -0.25) is 0 Å². The summed E-state index contributed by atoms with van der Waals surface area (Å²) in [5.74, 6) is -0.336. The van der Waals surface area contributed by atoms with Gasteiger partial charge in [-0.15, -0.1) is 0 Å². The van der Waals surface area contributed by atoms with Crippen molar-refractivity contribution in [3.63, 3.8) is 0 Å². The van der Waals surface area contributed by atoms with E-state index in [1.807, 2.05) is 0 Å². The van der Waals surface area contributed by atoms with E-state index >= 15 is 0 Å². The molecule has 0 spiro atoms. The molecule has 2 rings (SSSR count). The zero-order valence-electron chi connectivity index (χ0n) is 13.3. The Morgan fingerprint density at radius 2 is 1.81 bits per heavy atom. The lowest BCUT2D eigenvalue weighted by Crippen LogP contribution is -2.46. The number of hydrogen-bond donors (Lipinski definition) is 1. The van der Waals surface area contributed by atoms with Gasteiger partial charge < -0.3 is 5.11 Å². The Hall–Kier alpha value is -1.40. The lowest BCUT2D eigenvalue weighted by atomic mass is 9.58. The van der Waals surface area contributed by atoms with Gasteiger partial charge in [0.25, 0.3) is 0 Å². The molecule has 2 nitrogen and oxygen atoms in total. The quantitative estimate of drug-likeness (QED) is 0.874. The second-order valence-electron chi connectivity index (χ2n) is 7.39. The summed E-state index contributed by atoms with van der Waals surface area (Å²) in [4.78, 5) is 0. The molecule has 3 heteroatoms. The van der Waals surface area contributed by atoms with Crippen molar-refractivity contribution in [1.82, 2.24) is 0 Å². The number of hydrogen-bond acceptors (Lipinski definition) is 2. The molecule has 1 fully saturated rings. The van der Waals surface area contributed by atoms with Gasteiger partial charge in [-0.05, 0) is 62.1 Å². The number of rotatable bonds is 2. The van der Waals surface area contributed by atoms with Crippen LogP contribution in [0.1, 0.15) is 57.6 Å². The molecule has 0 aliphatic heterocycles. The lowest BCUT2D eigenvalue weighted by Gasteiger charge is -2.47. The van der Waals surface area contributed by atoms with E-state index in [1.165, 1.54) is 6.07 Å². The standard InChI is InChI=1S/C18H24FNO/c1-13-5-6-14(11-15(13)19)17(4,21)18(12-20)9-7-16(2,3)8-10-18/h5-6,11,21H,7-10H2,1-4H3. The Kier molecular flexibility index (Phi) is 3.88. The zero-order chi connectivity index (χ0) is 15.9. The summed E-state index contributed by atoms with van der Waals surface area (Å²) in [6.45, 7) is 7.72. The highest BCUT2D eigenvalue weighted by Gasteiger charge is 2.51. The Bertz CT molecular complexity index is 573. The van der Waals surface area contributed by atoms with Gasteiger partial charge in [0.2, 0.25) is 0 Å². The zero-order valence-corrected chi connectivity index (χ0v) is 13.3. The minimum Gasteiger partial charge on any atom is -0.384 e. The van der Waals surface area contributed by atoms with Gasteiger partial charge in [-0.25, -0.2) is 4.39 Å². The molecule has 1 unspecified atom stereocenters. The molecule has 0 radical (unpaired) electrons. The fourth-order valence-corrected chi connectivity index (χ4v) is 3.23. The first-order chi connectivity index (χ1) is 9.63. The van der Waals surface area contributed by atoms with Gasteiger partial charge in [0.15, 0.2) is 0 Å². The minimum atomic E-state index is -1.34. The maximum absolute atomic E-state index is 13.8. The lowest BCUT2D eigenvalue weighted by molar-refractivity contribution is -0.0775. The van der Waals surface area contributed by atoms with Gasteiger partial charge >= 0.3 is 0 Å². The van der Waals surface area contributed by atoms with Crippen LogP contribution in [0.2, 0.25) is 0 Å². The smallest absolute Gasteiger partial charge is 0.126 e. The van der Waals surface area contributed by atoms with E-state index in [0.29, 0.717) is 24.0 Å². The molecule has 1 aliphatic carbocycles. The second kappa shape index (κ2) is 5.10. The van der Waals surface area contributed by atoms with E-state index in [2.05, 4.69) is 19.9 Å². The third-order valence-corrected chi connectivity index (χ3v) is 5.34. The number of aliphatic hydroxyl groups is 1. The van der Waals surface area contributed by atoms with E-state index < -0.39 is 11.0 Å². The van der Waals surface area contributed by atoms with Crippen molar-refractivity contribution in [1.29, 1.82) is 5.26 Å². The predicted octanol–water partition coefficient (Wildman–Crippen LogP) is 4.45. The average molecular weight is 289 g/mol. The summed E-state index contributed by atoms with van der Waals surface area (Å²) < 4.78 is 13.8. The van der Waals surface area contributed by atoms with Crippen LogP contribution >= 0.6 is 0 Å². The fraction of sp³-hybridized carbons (Fsp3) is 0.611. The van der Waals surface area contributed by atoms with Gasteiger partial charge in [0, 0.05) is 0 Å². The number of nitriles is 1. The van der Waals surface area contributed by atoms with Crippen LogP contribution in [0.15, 0.2) is 18.2 Å². The summed E-state index contributed by atoms with van der Waals surface area (Å²) in [6, 6.07) is 7.12. The van der Waals surface area contributed by atoms with Crippen molar-refractivity contribution in [2.24, 2.45) is 10.8 Å². The first-order valence-electron chi connectivity index (χ1n) is 7.54. The molecule has 1 N–H and O–H groups in total. The molecule has 0 amide bonds. The molecule has 0 aromatic heterocycles. The summed E-state index contributed by atoms with van der Waals surface area (Å²) in [5.41, 5.74) is -0.941. The van der Waals surface area contributed by atoms with E-state index in [4.69, 9.17) is 0 Å². The minimum absolute atomic E-state index is 0.203. The van der Waals surface area contributed by atoms with Gasteiger partial charge in [-0.1, -0.05) is 26.0 Å². The molecule has 1 atom stereocenters. The Morgan fingerprint density at radius 3 is 2.29 bits per heavy atom. The van der Waals surface area contributed by atoms with Crippen molar-refractivity contribution in [3.05, 3.63) is 35.1 Å². The molecule has 0 heterocycles. The van der Waals surface area contributed by atoms with Crippen LogP contribution in [0.3, 0.4) is 0 Å². The van der Waals surface area contributed by atoms with Gasteiger partial charge in [0.1, 0.15) is 11.4 Å². The molecule has 21 heavy (non-hydrogen) atoms. The summed E-state index contributed by atoms with van der Waals surface area (Å²) in [6.07, 6.45) is 3.06. The molecule has 1 aromatic carbocycles. The van der Waals surface area contributed by atoms with Crippen LogP contribution in [0.5, 0.6) is 0 Å².